The van der Waals surface area contributed by atoms with E-state index in [2.05, 4.69) is 13.2 Å². The molecule has 49 heteroatoms. The number of fused-ring (bicyclic) bond motifs is 7. The molecule has 0 aromatic heterocycles. The van der Waals surface area contributed by atoms with Gasteiger partial charge in [-0.05, 0) is 140 Å². The molecule has 9 aliphatic heterocycles. The number of rotatable bonds is 33. The van der Waals surface area contributed by atoms with Gasteiger partial charge in [0, 0.05) is 34.8 Å². The maximum absolute atomic E-state index is 17.0. The van der Waals surface area contributed by atoms with Gasteiger partial charge in [0.15, 0.2) is 56.4 Å². The summed E-state index contributed by atoms with van der Waals surface area (Å²) in [6, 6.07) is 0. The van der Waals surface area contributed by atoms with E-state index in [-0.39, 0.29) is 75.4 Å². The van der Waals surface area contributed by atoms with Gasteiger partial charge in [-0.15, -0.1) is 13.2 Å². The summed E-state index contributed by atoms with van der Waals surface area (Å²) in [5.74, 6) is -5.22. The van der Waals surface area contributed by atoms with E-state index in [0.29, 0.717) is 12.0 Å². The highest BCUT2D eigenvalue weighted by Gasteiger charge is 2.75. The highest BCUT2D eigenvalue weighted by molar-refractivity contribution is 5.88. The van der Waals surface area contributed by atoms with Gasteiger partial charge in [0.25, 0.3) is 0 Å². The predicted octanol–water partition coefficient (Wildman–Crippen LogP) is -7.00. The minimum Gasteiger partial charge on any atom is -0.458 e. The zero-order valence-corrected chi connectivity index (χ0v) is 84.9. The molecule has 54 unspecified atom stereocenters. The number of aliphatic hydroxyl groups is 26. The fourth-order valence-electron chi connectivity index (χ4n) is 24.7. The Labute approximate surface area is 854 Å². The standard InChI is InChI=1S/C99H156O49/c1-15-93(9,128)24-17-19-40(4)81(126)140-57-27-45(101)62(112)88(141-57)148-94(10,16-2)25-18-20-39(3)80(125)139-56-31-99(91(127)147-90-78(67(117)64(114)52(138-90)36-133-82-71(121)65(115)58(108)41(5)135-82)145-86-73(123)68(118)75(42(6)136-86)142-85-74(124)76(50(106)35-131-85)143-83-69(119)59(109)47(103)32-129-83)44(28-92(56,7)8)43-21-22-54-95(11)29-46(102)79(96(12,38-100)53(95)23-26-97(54,13)98(43,14)30-55(99)107)146-87-72(122)66(116)63(113)51(137-87)37-134-89-77(61(111)49(105)34-132-89)144-84-70(120)60(110)48(104)33-130-84/h15-16,19-21,41-42,44-79,82-90,100-124,128H,1-2,17-18,22-38H2,3-14H3. The monoisotopic (exact) mass is 2130 g/mol. The number of hydrogen-bond acceptors (Lipinski definition) is 49. The predicted molar refractivity (Wildman–Crippen MR) is 494 cm³/mol. The maximum Gasteiger partial charge on any atom is 0.335 e. The van der Waals surface area contributed by atoms with Gasteiger partial charge in [-0.2, -0.15) is 0 Å². The van der Waals surface area contributed by atoms with Crippen LogP contribution in [-0.4, -0.2) is 479 Å². The molecule has 14 rings (SSSR count). The van der Waals surface area contributed by atoms with Gasteiger partial charge in [0.2, 0.25) is 12.6 Å². The summed E-state index contributed by atoms with van der Waals surface area (Å²) < 4.78 is 120. The summed E-state index contributed by atoms with van der Waals surface area (Å²) in [6.07, 6.45) is -70.4. The molecule has 0 aromatic rings. The van der Waals surface area contributed by atoms with E-state index in [0.717, 1.165) is 0 Å². The van der Waals surface area contributed by atoms with Crippen LogP contribution in [-0.2, 0) is 109 Å². The molecule has 5 aliphatic carbocycles. The van der Waals surface area contributed by atoms with Gasteiger partial charge in [-0.1, -0.05) is 77.5 Å². The van der Waals surface area contributed by atoms with Crippen molar-refractivity contribution >= 4 is 17.9 Å². The van der Waals surface area contributed by atoms with E-state index in [9.17, 15) is 138 Å². The van der Waals surface area contributed by atoms with Crippen LogP contribution in [0.5, 0.6) is 0 Å². The van der Waals surface area contributed by atoms with Gasteiger partial charge in [0.1, 0.15) is 170 Å². The largest absolute Gasteiger partial charge is 0.458 e. The Morgan fingerprint density at radius 1 is 0.453 bits per heavy atom. The highest BCUT2D eigenvalue weighted by Crippen LogP contribution is 2.77. The van der Waals surface area contributed by atoms with E-state index in [1.54, 1.807) is 40.7 Å². The third-order valence-corrected chi connectivity index (χ3v) is 34.4. The third kappa shape index (κ3) is 23.4. The van der Waals surface area contributed by atoms with Crippen LogP contribution in [0.3, 0.4) is 0 Å². The lowest BCUT2D eigenvalue weighted by molar-refractivity contribution is -0.381. The van der Waals surface area contributed by atoms with E-state index in [1.165, 1.54) is 45.9 Å². The fraction of sp³-hybridized carbons (Fsp3) is 0.869. The zero-order valence-electron chi connectivity index (χ0n) is 84.9. The molecular formula is C99H156O49. The van der Waals surface area contributed by atoms with Gasteiger partial charge >= 0.3 is 17.9 Å². The van der Waals surface area contributed by atoms with E-state index in [4.69, 9.17) is 94.7 Å². The van der Waals surface area contributed by atoms with Crippen molar-refractivity contribution in [3.63, 3.8) is 0 Å². The molecule has 9 heterocycles. The van der Waals surface area contributed by atoms with Crippen LogP contribution >= 0.6 is 0 Å². The van der Waals surface area contributed by atoms with Crippen LogP contribution < -0.4 is 0 Å². The Morgan fingerprint density at radius 2 is 0.946 bits per heavy atom. The molecule has 49 nitrogen and oxygen atoms in total. The molecule has 54 atom stereocenters. The summed E-state index contributed by atoms with van der Waals surface area (Å²) in [7, 11) is 0. The summed E-state index contributed by atoms with van der Waals surface area (Å²) >= 11 is 0. The molecule has 26 N–H and O–H groups in total. The van der Waals surface area contributed by atoms with Gasteiger partial charge in [-0.3, -0.25) is 4.79 Å². The first-order valence-corrected chi connectivity index (χ1v) is 50.8. The van der Waals surface area contributed by atoms with Crippen LogP contribution in [0.25, 0.3) is 0 Å². The number of esters is 3. The number of aliphatic hydroxyl groups excluding tert-OH is 25. The number of hydrogen-bond donors (Lipinski definition) is 26. The lowest BCUT2D eigenvalue weighted by Crippen LogP contribution is -2.71. The van der Waals surface area contributed by atoms with Crippen LogP contribution in [0.2, 0.25) is 0 Å². The molecule has 0 spiro atoms. The van der Waals surface area contributed by atoms with E-state index in [1.807, 2.05) is 26.8 Å². The second-order valence-corrected chi connectivity index (χ2v) is 45.0. The van der Waals surface area contributed by atoms with Crippen molar-refractivity contribution in [2.45, 2.75) is 442 Å². The third-order valence-electron chi connectivity index (χ3n) is 34.4. The van der Waals surface area contributed by atoms with Crippen molar-refractivity contribution in [3.8, 4) is 0 Å². The Hall–Kier alpha value is -4.61. The van der Waals surface area contributed by atoms with Crippen molar-refractivity contribution in [2.24, 2.45) is 50.2 Å². The summed E-state index contributed by atoms with van der Waals surface area (Å²) in [6.45, 7) is 23.2. The molecule has 9 saturated heterocycles. The Bertz CT molecular complexity index is 4570. The Balaban J connectivity index is 0.750. The topological polar surface area (TPSA) is 762 Å². The molecule has 0 bridgehead atoms. The average Bonchev–Trinajstić information content (AvgIpc) is 0.664. The lowest BCUT2D eigenvalue weighted by atomic mass is 9.33. The minimum absolute atomic E-state index is 0.0153. The summed E-state index contributed by atoms with van der Waals surface area (Å²) in [5, 5.41) is 295. The fourth-order valence-corrected chi connectivity index (χ4v) is 24.7. The quantitative estimate of drug-likeness (QED) is 0.00954. The number of carbonyl (C=O) groups is 3. The maximum atomic E-state index is 17.0. The van der Waals surface area contributed by atoms with Crippen LogP contribution in [0.4, 0.5) is 0 Å². The number of allylic oxidation sites excluding steroid dienone is 4. The Kier molecular flexibility index (Phi) is 37.7. The van der Waals surface area contributed by atoms with Gasteiger partial charge in [-0.25, -0.2) is 9.59 Å². The molecule has 148 heavy (non-hydrogen) atoms. The molecule has 13 fully saturated rings. The first-order chi connectivity index (χ1) is 69.3. The second kappa shape index (κ2) is 46.9. The molecular weight excluding hydrogens is 1970 g/mol. The summed E-state index contributed by atoms with van der Waals surface area (Å²) in [4.78, 5) is 45.5. The van der Waals surface area contributed by atoms with Crippen molar-refractivity contribution in [1.29, 1.82) is 0 Å². The number of carbonyl (C=O) groups excluding carboxylic acids is 3. The van der Waals surface area contributed by atoms with Crippen LogP contribution in [0.1, 0.15) is 160 Å². The second-order valence-electron chi connectivity index (χ2n) is 45.0. The summed E-state index contributed by atoms with van der Waals surface area (Å²) in [5.41, 5.74) is -9.85. The van der Waals surface area contributed by atoms with Crippen LogP contribution in [0.15, 0.2) is 60.3 Å². The van der Waals surface area contributed by atoms with Crippen molar-refractivity contribution in [1.82, 2.24) is 0 Å². The minimum atomic E-state index is -2.35. The molecule has 0 aromatic carbocycles. The van der Waals surface area contributed by atoms with E-state index >= 15 is 9.59 Å². The smallest absolute Gasteiger partial charge is 0.335 e. The number of ether oxygens (including phenoxy) is 20. The molecule has 0 amide bonds. The molecule has 14 aliphatic rings. The van der Waals surface area contributed by atoms with Crippen molar-refractivity contribution in [3.05, 3.63) is 60.3 Å². The normalized spacial score (nSPS) is 49.9. The zero-order chi connectivity index (χ0) is 109. The van der Waals surface area contributed by atoms with Crippen molar-refractivity contribution < 1.29 is 242 Å². The Morgan fingerprint density at radius 3 is 1.55 bits per heavy atom. The molecule has 0 radical (unpaired) electrons. The first kappa shape index (κ1) is 119. The average molecular weight is 2130 g/mol. The van der Waals surface area contributed by atoms with E-state index < -0.39 is 402 Å². The highest BCUT2D eigenvalue weighted by atomic mass is 16.8. The van der Waals surface area contributed by atoms with Crippen molar-refractivity contribution in [2.75, 3.05) is 46.2 Å². The van der Waals surface area contributed by atoms with Gasteiger partial charge < -0.3 is 228 Å². The van der Waals surface area contributed by atoms with Crippen LogP contribution in [0, 0.1) is 50.2 Å². The lowest BCUT2D eigenvalue weighted by Gasteiger charge is -2.72. The first-order valence-electron chi connectivity index (χ1n) is 50.8. The molecule has 4 saturated carbocycles. The van der Waals surface area contributed by atoms with Gasteiger partial charge in [0.05, 0.1) is 94.1 Å². The molecule has 846 valence electrons. The SMILES string of the molecule is C=CC(C)(O)CCC=C(C)C(=O)OC1CC(O)C(O)C(OC(C)(C=C)CCC=C(C)C(=O)OC2CC3(C(=O)OC4OC(COC5OC(C)C(O)C(O)C5O)C(O)C(O)C4OC4OC(C)C(OC5OCC(O)C(OC6OCC(O)C(O)C6O)C5O)C(O)C4O)C(O)CC4(C)C(=CCC5C6(C)CC(O)C(OC7OC(COC8OCC(O)C(O)C8OC8OCC(O)C(O)C8O)C(O)C(O)C7O)C(C)(CO)C6CCC54C)C3CC2(C)C)O1.